The Balaban J connectivity index is 1.69. The van der Waals surface area contributed by atoms with Crippen LogP contribution in [0.15, 0.2) is 30.3 Å². The molecule has 1 aromatic heterocycles. The number of nitrogens with one attached hydrogen (secondary N) is 1. The van der Waals surface area contributed by atoms with Crippen LogP contribution >= 0.6 is 0 Å². The molecule has 0 unspecified atom stereocenters. The van der Waals surface area contributed by atoms with E-state index in [1.165, 1.54) is 11.1 Å². The fraction of sp³-hybridized carbons (Fsp3) is 0.421. The standard InChI is InChI=1S/C19H24N4O/c1-13-9-11-23(12-10-13)19(24)17-7-8-18(22-21-17)20-16-6-4-5-14(2)15(16)3/h4-8,13H,9-12H2,1-3H3,(H,20,22). The van der Waals surface area contributed by atoms with Crippen LogP contribution in [0.1, 0.15) is 41.4 Å². The van der Waals surface area contributed by atoms with E-state index in [4.69, 9.17) is 0 Å². The number of benzene rings is 1. The number of hydrogen-bond donors (Lipinski definition) is 1. The Morgan fingerprint density at radius 2 is 1.88 bits per heavy atom. The van der Waals surface area contributed by atoms with E-state index in [9.17, 15) is 4.79 Å². The summed E-state index contributed by atoms with van der Waals surface area (Å²) in [6, 6.07) is 9.66. The molecule has 1 aliphatic rings. The van der Waals surface area contributed by atoms with Gasteiger partial charge in [0.2, 0.25) is 0 Å². The Hall–Kier alpha value is -2.43. The number of rotatable bonds is 3. The summed E-state index contributed by atoms with van der Waals surface area (Å²) >= 11 is 0. The van der Waals surface area contributed by atoms with Gasteiger partial charge in [-0.05, 0) is 61.9 Å². The zero-order valence-corrected chi connectivity index (χ0v) is 14.5. The Morgan fingerprint density at radius 1 is 1.12 bits per heavy atom. The van der Waals surface area contributed by atoms with Crippen LogP contribution in [0, 0.1) is 19.8 Å². The maximum Gasteiger partial charge on any atom is 0.274 e. The highest BCUT2D eigenvalue weighted by molar-refractivity contribution is 5.92. The first-order chi connectivity index (χ1) is 11.5. The SMILES string of the molecule is Cc1cccc(Nc2ccc(C(=O)N3CCC(C)CC3)nn2)c1C. The first-order valence-electron chi connectivity index (χ1n) is 8.51. The predicted molar refractivity (Wildman–Crippen MR) is 95.5 cm³/mol. The van der Waals surface area contributed by atoms with Gasteiger partial charge >= 0.3 is 0 Å². The van der Waals surface area contributed by atoms with Crippen LogP contribution < -0.4 is 5.32 Å². The van der Waals surface area contributed by atoms with Crippen molar-refractivity contribution < 1.29 is 4.79 Å². The van der Waals surface area contributed by atoms with Crippen molar-refractivity contribution >= 4 is 17.4 Å². The number of anilines is 2. The van der Waals surface area contributed by atoms with Gasteiger partial charge in [0.25, 0.3) is 5.91 Å². The van der Waals surface area contributed by atoms with E-state index < -0.39 is 0 Å². The number of piperidine rings is 1. The highest BCUT2D eigenvalue weighted by atomic mass is 16.2. The number of carbonyl (C=O) groups excluding carboxylic acids is 1. The second-order valence-corrected chi connectivity index (χ2v) is 6.65. The highest BCUT2D eigenvalue weighted by Crippen LogP contribution is 2.22. The minimum absolute atomic E-state index is 0.0207. The Labute approximate surface area is 143 Å². The highest BCUT2D eigenvalue weighted by Gasteiger charge is 2.22. The lowest BCUT2D eigenvalue weighted by Crippen LogP contribution is -2.38. The molecule has 0 radical (unpaired) electrons. The molecular weight excluding hydrogens is 300 g/mol. The van der Waals surface area contributed by atoms with Crippen molar-refractivity contribution in [2.75, 3.05) is 18.4 Å². The average molecular weight is 324 g/mol. The van der Waals surface area contributed by atoms with Crippen LogP contribution in [-0.2, 0) is 0 Å². The molecular formula is C19H24N4O. The summed E-state index contributed by atoms with van der Waals surface area (Å²) in [4.78, 5) is 14.4. The third-order valence-electron chi connectivity index (χ3n) is 4.82. The van der Waals surface area contributed by atoms with Crippen molar-refractivity contribution in [3.63, 3.8) is 0 Å². The molecule has 5 heteroatoms. The van der Waals surface area contributed by atoms with Gasteiger partial charge in [-0.1, -0.05) is 19.1 Å². The van der Waals surface area contributed by atoms with E-state index >= 15 is 0 Å². The molecule has 0 spiro atoms. The van der Waals surface area contributed by atoms with Gasteiger partial charge in [0.05, 0.1) is 0 Å². The summed E-state index contributed by atoms with van der Waals surface area (Å²) in [6.45, 7) is 8.00. The van der Waals surface area contributed by atoms with Gasteiger partial charge in [-0.25, -0.2) is 0 Å². The molecule has 1 N–H and O–H groups in total. The number of aryl methyl sites for hydroxylation is 1. The molecule has 2 heterocycles. The van der Waals surface area contributed by atoms with E-state index in [1.807, 2.05) is 23.1 Å². The molecule has 1 aliphatic heterocycles. The third-order valence-corrected chi connectivity index (χ3v) is 4.82. The maximum absolute atomic E-state index is 12.5. The predicted octanol–water partition coefficient (Wildman–Crippen LogP) is 3.71. The lowest BCUT2D eigenvalue weighted by Gasteiger charge is -2.29. The number of aromatic nitrogens is 2. The Bertz CT molecular complexity index is 719. The molecule has 1 amide bonds. The molecule has 126 valence electrons. The van der Waals surface area contributed by atoms with E-state index in [1.54, 1.807) is 6.07 Å². The van der Waals surface area contributed by atoms with Crippen molar-refractivity contribution in [3.05, 3.63) is 47.2 Å². The summed E-state index contributed by atoms with van der Waals surface area (Å²) in [6.07, 6.45) is 2.12. The van der Waals surface area contributed by atoms with Gasteiger partial charge in [-0.3, -0.25) is 4.79 Å². The van der Waals surface area contributed by atoms with E-state index in [0.717, 1.165) is 31.6 Å². The summed E-state index contributed by atoms with van der Waals surface area (Å²) in [7, 11) is 0. The topological polar surface area (TPSA) is 58.1 Å². The number of amides is 1. The molecule has 2 aromatic rings. The van der Waals surface area contributed by atoms with Crippen LogP contribution in [-0.4, -0.2) is 34.1 Å². The van der Waals surface area contributed by atoms with Crippen LogP contribution in [0.3, 0.4) is 0 Å². The van der Waals surface area contributed by atoms with Gasteiger partial charge in [0.1, 0.15) is 0 Å². The van der Waals surface area contributed by atoms with Crippen LogP contribution in [0.25, 0.3) is 0 Å². The van der Waals surface area contributed by atoms with Crippen molar-refractivity contribution in [3.8, 4) is 0 Å². The summed E-state index contributed by atoms with van der Waals surface area (Å²) < 4.78 is 0. The smallest absolute Gasteiger partial charge is 0.274 e. The molecule has 0 atom stereocenters. The van der Waals surface area contributed by atoms with Gasteiger partial charge < -0.3 is 10.2 Å². The second-order valence-electron chi connectivity index (χ2n) is 6.65. The quantitative estimate of drug-likeness (QED) is 0.935. The summed E-state index contributed by atoms with van der Waals surface area (Å²) in [5, 5.41) is 11.6. The first-order valence-corrected chi connectivity index (χ1v) is 8.51. The van der Waals surface area contributed by atoms with Crippen LogP contribution in [0.4, 0.5) is 11.5 Å². The zero-order valence-electron chi connectivity index (χ0n) is 14.5. The molecule has 24 heavy (non-hydrogen) atoms. The molecule has 1 aromatic carbocycles. The largest absolute Gasteiger partial charge is 0.339 e. The minimum atomic E-state index is -0.0207. The summed E-state index contributed by atoms with van der Waals surface area (Å²) in [5.74, 6) is 1.32. The lowest BCUT2D eigenvalue weighted by molar-refractivity contribution is 0.0690. The van der Waals surface area contributed by atoms with Gasteiger partial charge in [-0.2, -0.15) is 0 Å². The van der Waals surface area contributed by atoms with Crippen molar-refractivity contribution in [2.24, 2.45) is 5.92 Å². The second kappa shape index (κ2) is 6.99. The van der Waals surface area contributed by atoms with Gasteiger partial charge in [-0.15, -0.1) is 10.2 Å². The number of nitrogens with zero attached hydrogens (tertiary/aromatic N) is 3. The molecule has 3 rings (SSSR count). The average Bonchev–Trinajstić information content (AvgIpc) is 2.60. The number of hydrogen-bond acceptors (Lipinski definition) is 4. The molecule has 0 bridgehead atoms. The summed E-state index contributed by atoms with van der Waals surface area (Å²) in [5.41, 5.74) is 3.82. The maximum atomic E-state index is 12.5. The number of carbonyl (C=O) groups is 1. The van der Waals surface area contributed by atoms with Crippen molar-refractivity contribution in [1.29, 1.82) is 0 Å². The minimum Gasteiger partial charge on any atom is -0.339 e. The third kappa shape index (κ3) is 3.55. The van der Waals surface area contributed by atoms with E-state index in [-0.39, 0.29) is 5.91 Å². The van der Waals surface area contributed by atoms with E-state index in [0.29, 0.717) is 17.4 Å². The van der Waals surface area contributed by atoms with Gasteiger partial charge in [0, 0.05) is 18.8 Å². The molecule has 0 aliphatic carbocycles. The Morgan fingerprint density at radius 3 is 2.54 bits per heavy atom. The lowest BCUT2D eigenvalue weighted by atomic mass is 9.99. The van der Waals surface area contributed by atoms with Crippen molar-refractivity contribution in [1.82, 2.24) is 15.1 Å². The van der Waals surface area contributed by atoms with Gasteiger partial charge in [0.15, 0.2) is 11.5 Å². The fourth-order valence-corrected chi connectivity index (χ4v) is 2.91. The molecule has 0 saturated carbocycles. The normalized spacial score (nSPS) is 15.4. The molecule has 1 fully saturated rings. The van der Waals surface area contributed by atoms with Crippen LogP contribution in [0.5, 0.6) is 0 Å². The molecule has 5 nitrogen and oxygen atoms in total. The number of likely N-dealkylation sites (tertiary alicyclic amines) is 1. The first kappa shape index (κ1) is 16.4. The zero-order chi connectivity index (χ0) is 17.1. The Kier molecular flexibility index (Phi) is 4.79. The van der Waals surface area contributed by atoms with Crippen LogP contribution in [0.2, 0.25) is 0 Å². The molecule has 1 saturated heterocycles. The van der Waals surface area contributed by atoms with Crippen molar-refractivity contribution in [2.45, 2.75) is 33.6 Å². The van der Waals surface area contributed by atoms with E-state index in [2.05, 4.69) is 42.4 Å². The fourth-order valence-electron chi connectivity index (χ4n) is 2.91. The monoisotopic (exact) mass is 324 g/mol.